The van der Waals surface area contributed by atoms with Gasteiger partial charge in [0.1, 0.15) is 0 Å². The smallest absolute Gasteiger partial charge is 0.317 e. The van der Waals surface area contributed by atoms with Crippen LogP contribution in [0.5, 0.6) is 0 Å². The third-order valence-electron chi connectivity index (χ3n) is 4.39. The van der Waals surface area contributed by atoms with Crippen LogP contribution >= 0.6 is 0 Å². The topological polar surface area (TPSA) is 49.4 Å². The molecule has 3 rings (SSSR count). The largest absolute Gasteiger partial charge is 0.331 e. The number of fused-ring (bicyclic) bond motifs is 1. The second-order valence-corrected chi connectivity index (χ2v) is 6.46. The molecule has 0 aliphatic rings. The molecule has 0 radical (unpaired) electrons. The maximum absolute atomic E-state index is 12.8. The first-order valence-electron chi connectivity index (χ1n) is 8.60. The van der Waals surface area contributed by atoms with E-state index in [4.69, 9.17) is 0 Å². The Morgan fingerprint density at radius 1 is 0.885 bits per heavy atom. The molecule has 0 spiro atoms. The number of hydrogen-bond acceptors (Lipinski definition) is 2. The third-order valence-corrected chi connectivity index (χ3v) is 4.39. The lowest BCUT2D eigenvalue weighted by Gasteiger charge is -2.23. The Kier molecular flexibility index (Phi) is 5.32. The summed E-state index contributed by atoms with van der Waals surface area (Å²) in [6, 6.07) is 22.5. The Balaban J connectivity index is 1.97. The van der Waals surface area contributed by atoms with Crippen LogP contribution in [-0.2, 0) is 0 Å². The highest BCUT2D eigenvalue weighted by molar-refractivity contribution is 5.97. The zero-order chi connectivity index (χ0) is 18.5. The Hall–Kier alpha value is -3.14. The molecule has 0 saturated carbocycles. The predicted octanol–water partition coefficient (Wildman–Crippen LogP) is 4.43. The van der Waals surface area contributed by atoms with Crippen LogP contribution < -0.4 is 5.32 Å². The summed E-state index contributed by atoms with van der Waals surface area (Å²) in [6.07, 6.45) is 0.206. The quantitative estimate of drug-likeness (QED) is 0.695. The average Bonchev–Trinajstić information content (AvgIpc) is 2.67. The van der Waals surface area contributed by atoms with Gasteiger partial charge in [0.25, 0.3) is 0 Å². The number of carbonyl (C=O) groups is 2. The van der Waals surface area contributed by atoms with Gasteiger partial charge in [-0.1, -0.05) is 72.8 Å². The molecule has 4 heteroatoms. The summed E-state index contributed by atoms with van der Waals surface area (Å²) < 4.78 is 0. The Morgan fingerprint density at radius 3 is 2.27 bits per heavy atom. The van der Waals surface area contributed by atoms with Gasteiger partial charge in [-0.3, -0.25) is 4.79 Å². The summed E-state index contributed by atoms with van der Waals surface area (Å²) in [5, 5.41) is 5.12. The van der Waals surface area contributed by atoms with Crippen molar-refractivity contribution in [1.29, 1.82) is 0 Å². The lowest BCUT2D eigenvalue weighted by atomic mass is 9.93. The van der Waals surface area contributed by atoms with E-state index in [0.717, 1.165) is 16.3 Å². The van der Waals surface area contributed by atoms with Gasteiger partial charge in [0.15, 0.2) is 5.78 Å². The normalized spacial score (nSPS) is 11.8. The summed E-state index contributed by atoms with van der Waals surface area (Å²) in [4.78, 5) is 26.5. The molecule has 3 aromatic carbocycles. The van der Waals surface area contributed by atoms with Crippen LogP contribution in [0.4, 0.5) is 4.79 Å². The number of nitrogens with one attached hydrogen (secondary N) is 1. The van der Waals surface area contributed by atoms with Crippen molar-refractivity contribution in [2.75, 3.05) is 14.1 Å². The Morgan fingerprint density at radius 2 is 1.54 bits per heavy atom. The first-order chi connectivity index (χ1) is 12.6. The number of carbonyl (C=O) groups excluding carboxylic acids is 2. The molecule has 0 aliphatic carbocycles. The molecule has 3 aromatic rings. The van der Waals surface area contributed by atoms with Crippen molar-refractivity contribution in [1.82, 2.24) is 10.2 Å². The van der Waals surface area contributed by atoms with Gasteiger partial charge in [0.2, 0.25) is 0 Å². The number of benzene rings is 3. The van der Waals surface area contributed by atoms with E-state index in [1.165, 1.54) is 4.90 Å². The number of amides is 2. The second-order valence-electron chi connectivity index (χ2n) is 6.46. The Labute approximate surface area is 153 Å². The predicted molar refractivity (Wildman–Crippen MR) is 104 cm³/mol. The van der Waals surface area contributed by atoms with E-state index in [1.807, 2.05) is 60.7 Å². The molecular weight excluding hydrogens is 324 g/mol. The van der Waals surface area contributed by atoms with Crippen molar-refractivity contribution in [2.45, 2.75) is 12.5 Å². The lowest BCUT2D eigenvalue weighted by molar-refractivity contribution is 0.0969. The van der Waals surface area contributed by atoms with Crippen molar-refractivity contribution in [3.05, 3.63) is 83.9 Å². The van der Waals surface area contributed by atoms with Crippen LogP contribution in [0.2, 0.25) is 0 Å². The first kappa shape index (κ1) is 17.7. The minimum absolute atomic E-state index is 0.00240. The van der Waals surface area contributed by atoms with Crippen LogP contribution in [0.3, 0.4) is 0 Å². The first-order valence-corrected chi connectivity index (χ1v) is 8.60. The van der Waals surface area contributed by atoms with Crippen LogP contribution in [0, 0.1) is 0 Å². The van der Waals surface area contributed by atoms with Gasteiger partial charge >= 0.3 is 6.03 Å². The minimum atomic E-state index is -0.399. The number of rotatable bonds is 5. The van der Waals surface area contributed by atoms with Crippen molar-refractivity contribution >= 4 is 22.6 Å². The molecule has 1 N–H and O–H groups in total. The maximum atomic E-state index is 12.8. The lowest BCUT2D eigenvalue weighted by Crippen LogP contribution is -2.38. The molecule has 0 heterocycles. The molecule has 0 aliphatic heterocycles. The van der Waals surface area contributed by atoms with E-state index in [-0.39, 0.29) is 18.2 Å². The fourth-order valence-electron chi connectivity index (χ4n) is 3.00. The number of urea groups is 1. The van der Waals surface area contributed by atoms with Gasteiger partial charge in [-0.05, 0) is 16.3 Å². The van der Waals surface area contributed by atoms with E-state index < -0.39 is 6.04 Å². The molecule has 0 saturated heterocycles. The summed E-state index contributed by atoms with van der Waals surface area (Å²) in [5.74, 6) is 0.00240. The van der Waals surface area contributed by atoms with Gasteiger partial charge in [0, 0.05) is 26.1 Å². The molecule has 1 atom stereocenters. The summed E-state index contributed by atoms with van der Waals surface area (Å²) >= 11 is 0. The second kappa shape index (κ2) is 7.83. The molecule has 2 amide bonds. The van der Waals surface area contributed by atoms with E-state index in [0.29, 0.717) is 5.56 Å². The fourth-order valence-corrected chi connectivity index (χ4v) is 3.00. The number of ketones is 1. The highest BCUT2D eigenvalue weighted by Crippen LogP contribution is 2.27. The van der Waals surface area contributed by atoms with Crippen molar-refractivity contribution in [3.63, 3.8) is 0 Å². The van der Waals surface area contributed by atoms with Crippen molar-refractivity contribution in [2.24, 2.45) is 0 Å². The molecular formula is C22H22N2O2. The summed E-state index contributed by atoms with van der Waals surface area (Å²) in [5.41, 5.74) is 1.60. The zero-order valence-electron chi connectivity index (χ0n) is 15.0. The minimum Gasteiger partial charge on any atom is -0.331 e. The van der Waals surface area contributed by atoms with Crippen LogP contribution in [0.25, 0.3) is 10.8 Å². The third kappa shape index (κ3) is 3.91. The van der Waals surface area contributed by atoms with E-state index in [9.17, 15) is 9.59 Å². The molecule has 26 heavy (non-hydrogen) atoms. The number of Topliss-reactive ketones (excluding diaryl/α,β-unsaturated/α-hetero) is 1. The van der Waals surface area contributed by atoms with Crippen molar-refractivity contribution < 1.29 is 9.59 Å². The molecule has 132 valence electrons. The van der Waals surface area contributed by atoms with E-state index in [2.05, 4.69) is 5.32 Å². The van der Waals surface area contributed by atoms with Gasteiger partial charge in [-0.2, -0.15) is 0 Å². The average molecular weight is 346 g/mol. The molecule has 0 bridgehead atoms. The van der Waals surface area contributed by atoms with E-state index >= 15 is 0 Å². The summed E-state index contributed by atoms with van der Waals surface area (Å²) in [7, 11) is 3.38. The highest BCUT2D eigenvalue weighted by atomic mass is 16.2. The number of hydrogen-bond donors (Lipinski definition) is 1. The van der Waals surface area contributed by atoms with Gasteiger partial charge in [-0.25, -0.2) is 4.79 Å². The number of nitrogens with zero attached hydrogens (tertiary/aromatic N) is 1. The van der Waals surface area contributed by atoms with Gasteiger partial charge < -0.3 is 10.2 Å². The standard InChI is InChI=1S/C22H22N2O2/c1-24(2)22(26)23-20(15-21(25)17-10-4-3-5-11-17)19-14-8-12-16-9-6-7-13-18(16)19/h3-14,20H,15H2,1-2H3,(H,23,26). The molecule has 0 aromatic heterocycles. The van der Waals surface area contributed by atoms with Crippen LogP contribution in [0.1, 0.15) is 28.4 Å². The SMILES string of the molecule is CN(C)C(=O)NC(CC(=O)c1ccccc1)c1cccc2ccccc12. The summed E-state index contributed by atoms with van der Waals surface area (Å²) in [6.45, 7) is 0. The monoisotopic (exact) mass is 346 g/mol. The maximum Gasteiger partial charge on any atom is 0.317 e. The van der Waals surface area contributed by atoms with Gasteiger partial charge in [0.05, 0.1) is 6.04 Å². The van der Waals surface area contributed by atoms with Crippen LogP contribution in [0.15, 0.2) is 72.8 Å². The fraction of sp³-hybridized carbons (Fsp3) is 0.182. The molecule has 4 nitrogen and oxygen atoms in total. The molecule has 1 unspecified atom stereocenters. The Bertz CT molecular complexity index is 914. The highest BCUT2D eigenvalue weighted by Gasteiger charge is 2.21. The van der Waals surface area contributed by atoms with E-state index in [1.54, 1.807) is 26.2 Å². The zero-order valence-corrected chi connectivity index (χ0v) is 15.0. The van der Waals surface area contributed by atoms with Crippen molar-refractivity contribution in [3.8, 4) is 0 Å². The van der Waals surface area contributed by atoms with Gasteiger partial charge in [-0.15, -0.1) is 0 Å². The van der Waals surface area contributed by atoms with Crippen LogP contribution in [-0.4, -0.2) is 30.8 Å². The molecule has 0 fully saturated rings.